The average Bonchev–Trinajstić information content (AvgIpc) is 3.78. The lowest BCUT2D eigenvalue weighted by Gasteiger charge is -2.48. The van der Waals surface area contributed by atoms with E-state index in [1.165, 1.54) is 7.11 Å². The van der Waals surface area contributed by atoms with Crippen LogP contribution in [0.15, 0.2) is 61.6 Å². The van der Waals surface area contributed by atoms with Crippen molar-refractivity contribution in [1.29, 1.82) is 0 Å². The Morgan fingerprint density at radius 3 is 2.46 bits per heavy atom. The Labute approximate surface area is 402 Å². The first-order valence-electron chi connectivity index (χ1n) is 24.4. The highest BCUT2D eigenvalue weighted by Crippen LogP contribution is 2.44. The van der Waals surface area contributed by atoms with E-state index in [0.29, 0.717) is 31.6 Å². The summed E-state index contributed by atoms with van der Waals surface area (Å²) >= 11 is 0. The fourth-order valence-electron chi connectivity index (χ4n) is 11.3. The second-order valence-electron chi connectivity index (χ2n) is 19.9. The summed E-state index contributed by atoms with van der Waals surface area (Å²) in [6.45, 7) is 19.1. The van der Waals surface area contributed by atoms with Gasteiger partial charge in [-0.2, -0.15) is 0 Å². The predicted octanol–water partition coefficient (Wildman–Crippen LogP) is 6.64. The van der Waals surface area contributed by atoms with Gasteiger partial charge in [0.2, 0.25) is 0 Å². The number of carbonyl (C=O) groups excluding carboxylic acids is 4. The van der Waals surface area contributed by atoms with E-state index in [4.69, 9.17) is 28.4 Å². The fraction of sp³-hybridized carbons (Fsp3) is 0.654. The van der Waals surface area contributed by atoms with Crippen molar-refractivity contribution in [1.82, 2.24) is 24.3 Å². The molecule has 16 heteroatoms. The van der Waals surface area contributed by atoms with Crippen LogP contribution in [0.1, 0.15) is 98.8 Å². The van der Waals surface area contributed by atoms with Gasteiger partial charge in [0.1, 0.15) is 29.7 Å². The molecule has 0 bridgehead atoms. The van der Waals surface area contributed by atoms with Crippen molar-refractivity contribution in [2.45, 2.75) is 160 Å². The van der Waals surface area contributed by atoms with E-state index in [0.717, 1.165) is 29.4 Å². The largest absolute Gasteiger partial charge is 0.461 e. The Bertz CT molecular complexity index is 2220. The molecule has 0 unspecified atom stereocenters. The first-order chi connectivity index (χ1) is 32.3. The van der Waals surface area contributed by atoms with E-state index < -0.39 is 89.7 Å². The first kappa shape index (κ1) is 52.6. The quantitative estimate of drug-likeness (QED) is 0.0742. The monoisotopic (exact) mass is 946 g/mol. The molecular weight excluding hydrogens is 871 g/mol. The smallest absolute Gasteiger partial charge is 0.410 e. The highest BCUT2D eigenvalue weighted by atomic mass is 16.7. The lowest BCUT2D eigenvalue weighted by molar-refractivity contribution is -0.302. The zero-order chi connectivity index (χ0) is 49.7. The number of aryl methyl sites for hydroxylation is 2. The number of cyclic esters (lactones) is 1. The number of aliphatic hydroxyl groups is 1. The van der Waals surface area contributed by atoms with Gasteiger partial charge < -0.3 is 43.0 Å². The molecular formula is C52H75N5O11. The summed E-state index contributed by atoms with van der Waals surface area (Å²) < 4.78 is 40.8. The zero-order valence-corrected chi connectivity index (χ0v) is 42.0. The number of hydrogen-bond donors (Lipinski definition) is 1. The number of esters is 2. The average molecular weight is 946 g/mol. The van der Waals surface area contributed by atoms with Crippen LogP contribution in [0.4, 0.5) is 4.79 Å². The van der Waals surface area contributed by atoms with Gasteiger partial charge >= 0.3 is 18.0 Å². The normalized spacial score (nSPS) is 34.0. The number of methoxy groups -OCH3 is 1. The van der Waals surface area contributed by atoms with Crippen molar-refractivity contribution in [2.75, 3.05) is 27.2 Å². The molecule has 3 fully saturated rings. The van der Waals surface area contributed by atoms with Crippen LogP contribution in [0.3, 0.4) is 0 Å². The Balaban J connectivity index is 1.37. The summed E-state index contributed by atoms with van der Waals surface area (Å²) in [6.07, 6.45) is 3.61. The van der Waals surface area contributed by atoms with Gasteiger partial charge in [-0.25, -0.2) is 9.78 Å². The molecule has 16 nitrogen and oxygen atoms in total. The number of Topliss-reactive ketones (excluding diaryl/α,β-unsaturated/α-hetero) is 1. The van der Waals surface area contributed by atoms with Crippen molar-refractivity contribution < 1.29 is 52.7 Å². The summed E-state index contributed by atoms with van der Waals surface area (Å²) in [5, 5.41) is 13.0. The molecule has 6 heterocycles. The topological polar surface area (TPSA) is 181 Å². The van der Waals surface area contributed by atoms with Gasteiger partial charge in [0.05, 0.1) is 41.9 Å². The van der Waals surface area contributed by atoms with Crippen LogP contribution in [0.25, 0.3) is 11.0 Å². The highest BCUT2D eigenvalue weighted by Gasteiger charge is 2.60. The van der Waals surface area contributed by atoms with E-state index in [1.807, 2.05) is 64.2 Å². The molecule has 6 rings (SSSR count). The molecule has 3 saturated heterocycles. The molecule has 0 aromatic carbocycles. The van der Waals surface area contributed by atoms with Crippen LogP contribution in [0, 0.1) is 23.7 Å². The van der Waals surface area contributed by atoms with Gasteiger partial charge in [-0.05, 0) is 103 Å². The zero-order valence-electron chi connectivity index (χ0n) is 42.0. The number of fused-ring (bicyclic) bond motifs is 2. The third-order valence-corrected chi connectivity index (χ3v) is 14.9. The number of carbonyl (C=O) groups is 4. The summed E-state index contributed by atoms with van der Waals surface area (Å²) in [7, 11) is 5.40. The van der Waals surface area contributed by atoms with Gasteiger partial charge in [-0.1, -0.05) is 39.8 Å². The van der Waals surface area contributed by atoms with Gasteiger partial charge in [0, 0.05) is 75.0 Å². The number of pyridine rings is 2. The number of rotatable bonds is 15. The number of aromatic nitrogens is 3. The number of ether oxygens (including phenoxy) is 6. The van der Waals surface area contributed by atoms with E-state index >= 15 is 4.79 Å². The standard InChI is InChI=1S/C52H75N5O11/c1-13-25-55(10)39-27-32(4)64-49(43(39)60)67-46-34(6)44(66-41(58)28-37-21-15-17-23-53-37)35(7)48(61)65-40(14-2)52(9)45(33(5)42(59)31(3)29-51(46,8)63-12)57(50(62)68-52)26-18-16-20-36-30-56(11)47-38(36)22-19-24-54-47/h13,15,17,19,21-24,30-35,39-40,43-46,49,60H,1,14,16,18,20,25-29H2,2-12H3/t31-,32+,33+,34+,35-,39-,40-,43+,44+,45-,46-,49-,51-,52-/m1/s1. The number of unbranched alkanes of at least 4 members (excludes halogenated alkanes) is 1. The Hall–Kier alpha value is -4.74. The predicted molar refractivity (Wildman–Crippen MR) is 255 cm³/mol. The second-order valence-corrected chi connectivity index (χ2v) is 19.9. The Morgan fingerprint density at radius 2 is 1.78 bits per heavy atom. The van der Waals surface area contributed by atoms with Crippen LogP contribution >= 0.6 is 0 Å². The first-order valence-corrected chi connectivity index (χ1v) is 24.4. The van der Waals surface area contributed by atoms with Gasteiger partial charge in [0.15, 0.2) is 11.9 Å². The SMILES string of the molecule is C=CCN(C)[C@@H]1C[C@H](C)O[C@H](O[C@@H]2[C@@H](C)[C@H](OC(=O)Cc3ccccn3)[C@@H](C)C(=O)O[C@H](CC)[C@@]3(C)OC(=O)N(CCCCc4cn(C)c5ncccc45)[C@@H]3[C@@H](C)C(=O)[C@H](C)C[C@@]2(C)OC)[C@H]1O. The van der Waals surface area contributed by atoms with Crippen molar-refractivity contribution in [2.24, 2.45) is 30.7 Å². The number of amides is 1. The van der Waals surface area contributed by atoms with E-state index in [1.54, 1.807) is 62.3 Å². The van der Waals surface area contributed by atoms with Crippen LogP contribution in [-0.4, -0.2) is 141 Å². The Kier molecular flexibility index (Phi) is 17.3. The van der Waals surface area contributed by atoms with Crippen LogP contribution in [0.5, 0.6) is 0 Å². The molecule has 3 aromatic heterocycles. The maximum Gasteiger partial charge on any atom is 0.410 e. The van der Waals surface area contributed by atoms with Crippen molar-refractivity contribution in [3.8, 4) is 0 Å². The number of nitrogens with zero attached hydrogens (tertiary/aromatic N) is 5. The molecule has 3 aromatic rings. The molecule has 3 aliphatic rings. The van der Waals surface area contributed by atoms with E-state index in [-0.39, 0.29) is 37.2 Å². The van der Waals surface area contributed by atoms with Crippen LogP contribution < -0.4 is 0 Å². The lowest BCUT2D eigenvalue weighted by atomic mass is 9.73. The minimum Gasteiger partial charge on any atom is -0.461 e. The number of likely N-dealkylation sites (N-methyl/N-ethyl adjacent to an activating group) is 1. The number of ketones is 1. The molecule has 1 amide bonds. The summed E-state index contributed by atoms with van der Waals surface area (Å²) in [5.74, 6) is -4.87. The molecule has 68 heavy (non-hydrogen) atoms. The highest BCUT2D eigenvalue weighted by molar-refractivity contribution is 5.85. The summed E-state index contributed by atoms with van der Waals surface area (Å²) in [6, 6.07) is 8.04. The molecule has 0 radical (unpaired) electrons. The molecule has 3 aliphatic heterocycles. The minimum absolute atomic E-state index is 0.114. The lowest BCUT2D eigenvalue weighted by Crippen LogP contribution is -2.61. The van der Waals surface area contributed by atoms with Crippen LogP contribution in [-0.2, 0) is 62.7 Å². The van der Waals surface area contributed by atoms with Gasteiger partial charge in [-0.15, -0.1) is 6.58 Å². The van der Waals surface area contributed by atoms with Gasteiger partial charge in [0.25, 0.3) is 0 Å². The minimum atomic E-state index is -1.44. The molecule has 14 atom stereocenters. The molecule has 0 spiro atoms. The van der Waals surface area contributed by atoms with Crippen LogP contribution in [0.2, 0.25) is 0 Å². The Morgan fingerprint density at radius 1 is 1.04 bits per heavy atom. The molecule has 374 valence electrons. The second kappa shape index (κ2) is 22.3. The third kappa shape index (κ3) is 11.1. The van der Waals surface area contributed by atoms with Gasteiger partial charge in [-0.3, -0.25) is 24.3 Å². The third-order valence-electron chi connectivity index (χ3n) is 14.9. The van der Waals surface area contributed by atoms with E-state index in [9.17, 15) is 19.5 Å². The van der Waals surface area contributed by atoms with E-state index in [2.05, 4.69) is 28.8 Å². The number of aliphatic hydroxyl groups excluding tert-OH is 1. The van der Waals surface area contributed by atoms with Crippen molar-refractivity contribution >= 4 is 34.8 Å². The summed E-state index contributed by atoms with van der Waals surface area (Å²) in [4.78, 5) is 70.5. The maximum absolute atomic E-state index is 15.1. The molecule has 0 saturated carbocycles. The molecule has 0 aliphatic carbocycles. The van der Waals surface area contributed by atoms with Crippen molar-refractivity contribution in [3.05, 3.63) is 72.8 Å². The number of hydrogen-bond acceptors (Lipinski definition) is 14. The summed E-state index contributed by atoms with van der Waals surface area (Å²) in [5.41, 5.74) is -0.214. The fourth-order valence-corrected chi connectivity index (χ4v) is 11.3. The maximum atomic E-state index is 15.1. The molecule has 1 N–H and O–H groups in total. The van der Waals surface area contributed by atoms with Crippen molar-refractivity contribution in [3.63, 3.8) is 0 Å².